The van der Waals surface area contributed by atoms with E-state index in [4.69, 9.17) is 0 Å². The van der Waals surface area contributed by atoms with Crippen LogP contribution in [0.5, 0.6) is 0 Å². The molecule has 1 aliphatic heterocycles. The van der Waals surface area contributed by atoms with Crippen LogP contribution in [0.1, 0.15) is 28.8 Å². The number of carbonyl (C=O) groups excluding carboxylic acids is 2. The van der Waals surface area contributed by atoms with Crippen LogP contribution >= 0.6 is 15.9 Å². The summed E-state index contributed by atoms with van der Waals surface area (Å²) in [4.78, 5) is 26.4. The molecular formula is C21H21BrN2O2. The fourth-order valence-corrected chi connectivity index (χ4v) is 3.21. The van der Waals surface area contributed by atoms with E-state index >= 15 is 0 Å². The van der Waals surface area contributed by atoms with Gasteiger partial charge in [-0.25, -0.2) is 0 Å². The molecule has 2 amide bonds. The summed E-state index contributed by atoms with van der Waals surface area (Å²) in [5, 5.41) is 3.06. The van der Waals surface area contributed by atoms with Crippen molar-refractivity contribution in [3.63, 3.8) is 0 Å². The number of hydrogen-bond donors (Lipinski definition) is 1. The summed E-state index contributed by atoms with van der Waals surface area (Å²) in [6, 6.07) is 17.1. The number of benzene rings is 2. The highest BCUT2D eigenvalue weighted by Crippen LogP contribution is 2.14. The summed E-state index contributed by atoms with van der Waals surface area (Å²) in [6.07, 6.45) is 5.00. The second-order valence-electron chi connectivity index (χ2n) is 6.32. The number of nitrogens with one attached hydrogen (secondary N) is 1. The van der Waals surface area contributed by atoms with E-state index in [1.165, 1.54) is 0 Å². The van der Waals surface area contributed by atoms with Crippen molar-refractivity contribution in [3.8, 4) is 0 Å². The molecule has 3 rings (SSSR count). The molecule has 0 spiro atoms. The topological polar surface area (TPSA) is 49.4 Å². The van der Waals surface area contributed by atoms with Gasteiger partial charge in [0.05, 0.1) is 0 Å². The van der Waals surface area contributed by atoms with Gasteiger partial charge in [-0.15, -0.1) is 0 Å². The largest absolute Gasteiger partial charge is 0.349 e. The molecule has 134 valence electrons. The molecule has 0 unspecified atom stereocenters. The molecule has 1 aliphatic rings. The molecule has 0 saturated carbocycles. The van der Waals surface area contributed by atoms with Crippen LogP contribution in [0, 0.1) is 0 Å². The van der Waals surface area contributed by atoms with Crippen LogP contribution in [0.3, 0.4) is 0 Å². The van der Waals surface area contributed by atoms with Crippen LogP contribution in [0.4, 0.5) is 0 Å². The van der Waals surface area contributed by atoms with Crippen molar-refractivity contribution >= 4 is 33.8 Å². The van der Waals surface area contributed by atoms with Gasteiger partial charge in [-0.05, 0) is 48.7 Å². The van der Waals surface area contributed by atoms with Gasteiger partial charge in [-0.3, -0.25) is 9.59 Å². The summed E-state index contributed by atoms with van der Waals surface area (Å²) in [7, 11) is 0. The smallest absolute Gasteiger partial charge is 0.251 e. The summed E-state index contributed by atoms with van der Waals surface area (Å²) < 4.78 is 1.01. The molecule has 0 aliphatic carbocycles. The first-order chi connectivity index (χ1) is 12.6. The minimum absolute atomic E-state index is 0.0146. The summed E-state index contributed by atoms with van der Waals surface area (Å²) in [6.45, 7) is 1.31. The Bertz CT molecular complexity index is 779. The first-order valence-electron chi connectivity index (χ1n) is 8.70. The number of halogens is 1. The Balaban J connectivity index is 1.48. The number of piperidine rings is 1. The zero-order valence-electron chi connectivity index (χ0n) is 14.4. The standard InChI is InChI=1S/C21H21BrN2O2/c22-18-9-6-16(7-10-18)8-11-20(25)24-14-12-19(13-15-24)23-21(26)17-4-2-1-3-5-17/h1-11,19H,12-15H2,(H,23,26). The fourth-order valence-electron chi connectivity index (χ4n) is 2.95. The van der Waals surface area contributed by atoms with Gasteiger partial charge in [0.25, 0.3) is 5.91 Å². The minimum atomic E-state index is -0.0505. The Morgan fingerprint density at radius 3 is 2.31 bits per heavy atom. The molecule has 0 atom stereocenters. The zero-order chi connectivity index (χ0) is 18.4. The van der Waals surface area contributed by atoms with Crippen molar-refractivity contribution < 1.29 is 9.59 Å². The first kappa shape index (κ1) is 18.4. The average Bonchev–Trinajstić information content (AvgIpc) is 2.68. The van der Waals surface area contributed by atoms with Gasteiger partial charge in [-0.1, -0.05) is 46.3 Å². The lowest BCUT2D eigenvalue weighted by atomic mass is 10.0. The second-order valence-corrected chi connectivity index (χ2v) is 7.24. The third kappa shape index (κ3) is 5.05. The predicted octanol–water partition coefficient (Wildman–Crippen LogP) is 3.88. The maximum atomic E-state index is 12.3. The molecule has 1 saturated heterocycles. The number of likely N-dealkylation sites (tertiary alicyclic amines) is 1. The fraction of sp³-hybridized carbons (Fsp3) is 0.238. The molecule has 5 heteroatoms. The molecule has 2 aromatic carbocycles. The highest BCUT2D eigenvalue weighted by molar-refractivity contribution is 9.10. The Labute approximate surface area is 162 Å². The Morgan fingerprint density at radius 1 is 1.00 bits per heavy atom. The summed E-state index contributed by atoms with van der Waals surface area (Å²) >= 11 is 3.40. The lowest BCUT2D eigenvalue weighted by molar-refractivity contribution is -0.126. The van der Waals surface area contributed by atoms with Crippen molar-refractivity contribution in [2.24, 2.45) is 0 Å². The Morgan fingerprint density at radius 2 is 1.65 bits per heavy atom. The summed E-state index contributed by atoms with van der Waals surface area (Å²) in [5.41, 5.74) is 1.66. The normalized spacial score (nSPS) is 15.2. The van der Waals surface area contributed by atoms with E-state index in [1.807, 2.05) is 53.4 Å². The van der Waals surface area contributed by atoms with Crippen LogP contribution in [-0.2, 0) is 4.79 Å². The molecule has 1 fully saturated rings. The Hall–Kier alpha value is -2.40. The second kappa shape index (κ2) is 8.81. The lowest BCUT2D eigenvalue weighted by Crippen LogP contribution is -2.46. The molecule has 4 nitrogen and oxygen atoms in total. The molecule has 1 heterocycles. The van der Waals surface area contributed by atoms with Crippen LogP contribution < -0.4 is 5.32 Å². The Kier molecular flexibility index (Phi) is 6.23. The van der Waals surface area contributed by atoms with Gasteiger partial charge in [0.2, 0.25) is 5.91 Å². The minimum Gasteiger partial charge on any atom is -0.349 e. The first-order valence-corrected chi connectivity index (χ1v) is 9.49. The maximum Gasteiger partial charge on any atom is 0.251 e. The molecular weight excluding hydrogens is 392 g/mol. The zero-order valence-corrected chi connectivity index (χ0v) is 16.0. The van der Waals surface area contributed by atoms with Gasteiger partial charge in [0.15, 0.2) is 0 Å². The van der Waals surface area contributed by atoms with Gasteiger partial charge in [0, 0.05) is 35.2 Å². The molecule has 1 N–H and O–H groups in total. The summed E-state index contributed by atoms with van der Waals surface area (Å²) in [5.74, 6) is -0.0359. The van der Waals surface area contributed by atoms with E-state index in [0.29, 0.717) is 18.7 Å². The molecule has 0 bridgehead atoms. The van der Waals surface area contributed by atoms with E-state index in [0.717, 1.165) is 22.9 Å². The van der Waals surface area contributed by atoms with Crippen molar-refractivity contribution in [1.82, 2.24) is 10.2 Å². The number of carbonyl (C=O) groups is 2. The predicted molar refractivity (Wildman–Crippen MR) is 107 cm³/mol. The monoisotopic (exact) mass is 412 g/mol. The van der Waals surface area contributed by atoms with E-state index < -0.39 is 0 Å². The third-order valence-electron chi connectivity index (χ3n) is 4.47. The van der Waals surface area contributed by atoms with Gasteiger partial charge >= 0.3 is 0 Å². The molecule has 26 heavy (non-hydrogen) atoms. The highest BCUT2D eigenvalue weighted by atomic mass is 79.9. The maximum absolute atomic E-state index is 12.3. The molecule has 0 radical (unpaired) electrons. The van der Waals surface area contributed by atoms with Crippen LogP contribution in [0.15, 0.2) is 65.1 Å². The highest BCUT2D eigenvalue weighted by Gasteiger charge is 2.23. The van der Waals surface area contributed by atoms with Crippen LogP contribution in [0.2, 0.25) is 0 Å². The number of hydrogen-bond acceptors (Lipinski definition) is 2. The van der Waals surface area contributed by atoms with Crippen molar-refractivity contribution in [1.29, 1.82) is 0 Å². The number of rotatable bonds is 4. The lowest BCUT2D eigenvalue weighted by Gasteiger charge is -2.31. The van der Waals surface area contributed by atoms with Gasteiger partial charge < -0.3 is 10.2 Å². The van der Waals surface area contributed by atoms with E-state index in [2.05, 4.69) is 21.2 Å². The number of amides is 2. The SMILES string of the molecule is O=C(NC1CCN(C(=O)C=Cc2ccc(Br)cc2)CC1)c1ccccc1. The van der Waals surface area contributed by atoms with Crippen molar-refractivity contribution in [2.45, 2.75) is 18.9 Å². The quantitative estimate of drug-likeness (QED) is 0.774. The van der Waals surface area contributed by atoms with E-state index in [1.54, 1.807) is 18.2 Å². The average molecular weight is 413 g/mol. The van der Waals surface area contributed by atoms with Crippen molar-refractivity contribution in [3.05, 3.63) is 76.3 Å². The van der Waals surface area contributed by atoms with E-state index in [9.17, 15) is 9.59 Å². The molecule has 2 aromatic rings. The molecule has 0 aromatic heterocycles. The van der Waals surface area contributed by atoms with Crippen LogP contribution in [0.25, 0.3) is 6.08 Å². The van der Waals surface area contributed by atoms with Crippen LogP contribution in [-0.4, -0.2) is 35.8 Å². The van der Waals surface area contributed by atoms with Crippen molar-refractivity contribution in [2.75, 3.05) is 13.1 Å². The van der Waals surface area contributed by atoms with Gasteiger partial charge in [0.1, 0.15) is 0 Å². The third-order valence-corrected chi connectivity index (χ3v) is 4.99. The van der Waals surface area contributed by atoms with E-state index in [-0.39, 0.29) is 17.9 Å². The van der Waals surface area contributed by atoms with Gasteiger partial charge in [-0.2, -0.15) is 0 Å². The number of nitrogens with zero attached hydrogens (tertiary/aromatic N) is 1.